The van der Waals surface area contributed by atoms with Crippen LogP contribution < -0.4 is 10.6 Å². The van der Waals surface area contributed by atoms with E-state index in [1.807, 2.05) is 54.6 Å². The summed E-state index contributed by atoms with van der Waals surface area (Å²) in [4.78, 5) is 37.5. The molecule has 170 valence electrons. The van der Waals surface area contributed by atoms with Crippen molar-refractivity contribution in [2.75, 3.05) is 6.61 Å². The SMILES string of the molecule is CCOC(=O)C(CCc1ccccc1)N[C@@H](C)C(=O)C1NC(C(=O)O)Cc2ccccc21. The zero-order chi connectivity index (χ0) is 23.1. The van der Waals surface area contributed by atoms with Crippen LogP contribution in [0.5, 0.6) is 0 Å². The first-order valence-corrected chi connectivity index (χ1v) is 11.0. The molecule has 7 nitrogen and oxygen atoms in total. The van der Waals surface area contributed by atoms with E-state index in [-0.39, 0.29) is 12.4 Å². The highest BCUT2D eigenvalue weighted by molar-refractivity contribution is 5.92. The second kappa shape index (κ2) is 11.0. The number of hydrogen-bond donors (Lipinski definition) is 3. The molecule has 0 spiro atoms. The molecule has 0 bridgehead atoms. The summed E-state index contributed by atoms with van der Waals surface area (Å²) in [6.45, 7) is 3.70. The van der Waals surface area contributed by atoms with Gasteiger partial charge in [-0.15, -0.1) is 0 Å². The minimum Gasteiger partial charge on any atom is -0.480 e. The first-order valence-electron chi connectivity index (χ1n) is 11.0. The number of esters is 1. The van der Waals surface area contributed by atoms with Gasteiger partial charge in [0.25, 0.3) is 0 Å². The molecule has 0 saturated carbocycles. The summed E-state index contributed by atoms with van der Waals surface area (Å²) >= 11 is 0. The fourth-order valence-corrected chi connectivity index (χ4v) is 4.07. The quantitative estimate of drug-likeness (QED) is 0.490. The topological polar surface area (TPSA) is 105 Å². The van der Waals surface area contributed by atoms with Gasteiger partial charge in [0.2, 0.25) is 0 Å². The molecule has 2 aromatic carbocycles. The smallest absolute Gasteiger partial charge is 0.323 e. The Kier molecular flexibility index (Phi) is 8.14. The van der Waals surface area contributed by atoms with Gasteiger partial charge < -0.3 is 9.84 Å². The largest absolute Gasteiger partial charge is 0.480 e. The molecule has 0 amide bonds. The molecule has 0 saturated heterocycles. The van der Waals surface area contributed by atoms with Gasteiger partial charge in [-0.2, -0.15) is 0 Å². The lowest BCUT2D eigenvalue weighted by Crippen LogP contribution is -2.53. The molecule has 0 fully saturated rings. The number of hydrogen-bond acceptors (Lipinski definition) is 6. The van der Waals surface area contributed by atoms with Gasteiger partial charge in [-0.3, -0.25) is 25.0 Å². The molecule has 1 aliphatic rings. The van der Waals surface area contributed by atoms with Gasteiger partial charge in [0.15, 0.2) is 5.78 Å². The normalized spacial score (nSPS) is 19.4. The Morgan fingerprint density at radius 2 is 1.81 bits per heavy atom. The summed E-state index contributed by atoms with van der Waals surface area (Å²) in [7, 11) is 0. The maximum atomic E-state index is 13.3. The number of nitrogens with one attached hydrogen (secondary N) is 2. The molecule has 0 aromatic heterocycles. The molecule has 1 aliphatic heterocycles. The van der Waals surface area contributed by atoms with E-state index in [0.717, 1.165) is 16.7 Å². The number of aliphatic carboxylic acids is 1. The van der Waals surface area contributed by atoms with Crippen molar-refractivity contribution < 1.29 is 24.2 Å². The molecule has 3 N–H and O–H groups in total. The third-order valence-corrected chi connectivity index (χ3v) is 5.75. The van der Waals surface area contributed by atoms with Crippen molar-refractivity contribution in [3.63, 3.8) is 0 Å². The van der Waals surface area contributed by atoms with Gasteiger partial charge in [-0.05, 0) is 49.8 Å². The number of ketones is 1. The van der Waals surface area contributed by atoms with Crippen LogP contribution in [0.15, 0.2) is 54.6 Å². The summed E-state index contributed by atoms with van der Waals surface area (Å²) in [6, 6.07) is 14.2. The number of carboxylic acid groups (broad SMARTS) is 1. The average molecular weight is 439 g/mol. The Balaban J connectivity index is 1.74. The van der Waals surface area contributed by atoms with Gasteiger partial charge in [0.05, 0.1) is 18.7 Å². The number of carboxylic acids is 1. The van der Waals surface area contributed by atoms with E-state index in [1.54, 1.807) is 13.8 Å². The third-order valence-electron chi connectivity index (χ3n) is 5.75. The Morgan fingerprint density at radius 1 is 1.12 bits per heavy atom. The van der Waals surface area contributed by atoms with E-state index < -0.39 is 36.1 Å². The fraction of sp³-hybridized carbons (Fsp3) is 0.400. The number of rotatable bonds is 10. The Labute approximate surface area is 188 Å². The van der Waals surface area contributed by atoms with Crippen molar-refractivity contribution in [1.29, 1.82) is 0 Å². The summed E-state index contributed by atoms with van der Waals surface area (Å²) in [5, 5.41) is 15.6. The summed E-state index contributed by atoms with van der Waals surface area (Å²) in [5.41, 5.74) is 2.71. The minimum absolute atomic E-state index is 0.211. The highest BCUT2D eigenvalue weighted by Gasteiger charge is 2.36. The Bertz CT molecular complexity index is 946. The summed E-state index contributed by atoms with van der Waals surface area (Å²) in [5.74, 6) is -1.61. The van der Waals surface area contributed by atoms with Gasteiger partial charge in [-0.1, -0.05) is 54.6 Å². The van der Waals surface area contributed by atoms with Crippen molar-refractivity contribution in [2.45, 2.75) is 57.3 Å². The minimum atomic E-state index is -0.995. The lowest BCUT2D eigenvalue weighted by atomic mass is 9.86. The second-order valence-corrected chi connectivity index (χ2v) is 8.01. The van der Waals surface area contributed by atoms with Crippen molar-refractivity contribution >= 4 is 17.7 Å². The molecule has 2 aromatic rings. The number of benzene rings is 2. The molecular weight excluding hydrogens is 408 g/mol. The molecule has 0 radical (unpaired) electrons. The monoisotopic (exact) mass is 438 g/mol. The number of fused-ring (bicyclic) bond motifs is 1. The van der Waals surface area contributed by atoms with Crippen LogP contribution in [-0.2, 0) is 32.0 Å². The standard InChI is InChI=1S/C25H30N2O5/c1-3-32-25(31)20(14-13-17-9-5-4-6-10-17)26-16(2)23(28)22-19-12-8-7-11-18(19)15-21(27-22)24(29)30/h4-12,16,20-22,26-27H,3,13-15H2,1-2H3,(H,29,30)/t16-,20?,21?,22?/m0/s1. The number of carbonyl (C=O) groups is 3. The molecular formula is C25H30N2O5. The van der Waals surface area contributed by atoms with E-state index in [1.165, 1.54) is 0 Å². The van der Waals surface area contributed by atoms with Gasteiger partial charge in [-0.25, -0.2) is 0 Å². The number of aryl methyl sites for hydroxylation is 1. The van der Waals surface area contributed by atoms with Gasteiger partial charge in [0, 0.05) is 0 Å². The second-order valence-electron chi connectivity index (χ2n) is 8.01. The molecule has 7 heteroatoms. The van der Waals surface area contributed by atoms with E-state index in [2.05, 4.69) is 10.6 Å². The van der Waals surface area contributed by atoms with E-state index in [0.29, 0.717) is 19.3 Å². The number of Topliss-reactive ketones (excluding diaryl/α,β-unsaturated/α-hetero) is 1. The molecule has 0 aliphatic carbocycles. The van der Waals surface area contributed by atoms with Gasteiger partial charge in [0.1, 0.15) is 12.1 Å². The van der Waals surface area contributed by atoms with Crippen LogP contribution in [-0.4, -0.2) is 47.6 Å². The van der Waals surface area contributed by atoms with Crippen LogP contribution in [0.1, 0.15) is 43.0 Å². The Hall–Kier alpha value is -3.03. The van der Waals surface area contributed by atoms with Crippen LogP contribution in [0.2, 0.25) is 0 Å². The maximum absolute atomic E-state index is 13.3. The average Bonchev–Trinajstić information content (AvgIpc) is 2.81. The molecule has 3 rings (SSSR count). The fourth-order valence-electron chi connectivity index (χ4n) is 4.07. The van der Waals surface area contributed by atoms with Crippen LogP contribution in [0.4, 0.5) is 0 Å². The molecule has 3 unspecified atom stereocenters. The zero-order valence-corrected chi connectivity index (χ0v) is 18.4. The van der Waals surface area contributed by atoms with E-state index >= 15 is 0 Å². The van der Waals surface area contributed by atoms with Crippen LogP contribution >= 0.6 is 0 Å². The zero-order valence-electron chi connectivity index (χ0n) is 18.4. The predicted molar refractivity (Wildman–Crippen MR) is 120 cm³/mol. The Morgan fingerprint density at radius 3 is 2.50 bits per heavy atom. The first-order chi connectivity index (χ1) is 15.4. The number of carbonyl (C=O) groups excluding carboxylic acids is 2. The van der Waals surface area contributed by atoms with E-state index in [9.17, 15) is 19.5 Å². The first kappa shape index (κ1) is 23.6. The van der Waals surface area contributed by atoms with Crippen molar-refractivity contribution in [2.24, 2.45) is 0 Å². The highest BCUT2D eigenvalue weighted by atomic mass is 16.5. The van der Waals surface area contributed by atoms with E-state index in [4.69, 9.17) is 4.74 Å². The van der Waals surface area contributed by atoms with Crippen LogP contribution in [0, 0.1) is 0 Å². The van der Waals surface area contributed by atoms with Gasteiger partial charge >= 0.3 is 11.9 Å². The van der Waals surface area contributed by atoms with Crippen LogP contribution in [0.3, 0.4) is 0 Å². The molecule has 32 heavy (non-hydrogen) atoms. The van der Waals surface area contributed by atoms with Crippen LogP contribution in [0.25, 0.3) is 0 Å². The number of ether oxygens (including phenoxy) is 1. The van der Waals surface area contributed by atoms with Crippen molar-refractivity contribution in [3.05, 3.63) is 71.3 Å². The lowest BCUT2D eigenvalue weighted by molar-refractivity contribution is -0.146. The third kappa shape index (κ3) is 5.81. The highest BCUT2D eigenvalue weighted by Crippen LogP contribution is 2.27. The summed E-state index contributed by atoms with van der Waals surface area (Å²) in [6.07, 6.45) is 1.45. The van der Waals surface area contributed by atoms with Crippen molar-refractivity contribution in [3.8, 4) is 0 Å². The maximum Gasteiger partial charge on any atom is 0.323 e. The van der Waals surface area contributed by atoms with Crippen molar-refractivity contribution in [1.82, 2.24) is 10.6 Å². The molecule has 4 atom stereocenters. The lowest BCUT2D eigenvalue weighted by Gasteiger charge is -2.32. The summed E-state index contributed by atoms with van der Waals surface area (Å²) < 4.78 is 5.22. The predicted octanol–water partition coefficient (Wildman–Crippen LogP) is 2.44. The molecule has 1 heterocycles.